The number of carbonyl (C=O) groups is 1. The van der Waals surface area contributed by atoms with Gasteiger partial charge in [0.15, 0.2) is 9.84 Å². The minimum absolute atomic E-state index is 0.117. The van der Waals surface area contributed by atoms with Gasteiger partial charge in [0.05, 0.1) is 17.4 Å². The van der Waals surface area contributed by atoms with Crippen molar-refractivity contribution in [1.29, 1.82) is 0 Å². The molecule has 1 aliphatic heterocycles. The van der Waals surface area contributed by atoms with Crippen LogP contribution in [0.1, 0.15) is 12.8 Å². The number of aliphatic carboxylic acids is 1. The molecule has 0 aromatic carbocycles. The highest BCUT2D eigenvalue weighted by molar-refractivity contribution is 7.91. The Morgan fingerprint density at radius 3 is 2.46 bits per heavy atom. The van der Waals surface area contributed by atoms with Crippen molar-refractivity contribution in [3.63, 3.8) is 0 Å². The van der Waals surface area contributed by atoms with E-state index in [1.54, 1.807) is 0 Å². The van der Waals surface area contributed by atoms with Crippen LogP contribution in [0.2, 0.25) is 0 Å². The molecule has 0 amide bonds. The molecule has 0 aromatic heterocycles. The molecular formula is C8H12O4S. The van der Waals surface area contributed by atoms with Crippen LogP contribution in [-0.4, -0.2) is 31.0 Å². The number of carboxylic acids is 1. The summed E-state index contributed by atoms with van der Waals surface area (Å²) < 4.78 is 22.2. The molecule has 0 radical (unpaired) electrons. The van der Waals surface area contributed by atoms with E-state index in [2.05, 4.69) is 0 Å². The summed E-state index contributed by atoms with van der Waals surface area (Å²) in [6.07, 6.45) is 1.34. The van der Waals surface area contributed by atoms with E-state index >= 15 is 0 Å². The summed E-state index contributed by atoms with van der Waals surface area (Å²) in [5.74, 6) is -0.324. The van der Waals surface area contributed by atoms with Crippen LogP contribution in [-0.2, 0) is 14.6 Å². The minimum atomic E-state index is -2.84. The van der Waals surface area contributed by atoms with Gasteiger partial charge in [0.25, 0.3) is 0 Å². The summed E-state index contributed by atoms with van der Waals surface area (Å²) in [6, 6.07) is 0. The standard InChI is InChI=1S/C8H12O4S/c9-8(10)7-3-6(7)5-1-2-13(11,12)4-5/h5-7H,1-4H2,(H,9,10). The number of sulfone groups is 1. The van der Waals surface area contributed by atoms with E-state index in [0.717, 1.165) is 0 Å². The van der Waals surface area contributed by atoms with Gasteiger partial charge >= 0.3 is 5.97 Å². The summed E-state index contributed by atoms with van der Waals surface area (Å²) in [4.78, 5) is 10.5. The van der Waals surface area contributed by atoms with Gasteiger partial charge in [0.1, 0.15) is 0 Å². The van der Waals surface area contributed by atoms with E-state index in [0.29, 0.717) is 12.8 Å². The molecule has 4 nitrogen and oxygen atoms in total. The molecule has 1 N–H and O–H groups in total. The van der Waals surface area contributed by atoms with Gasteiger partial charge in [-0.2, -0.15) is 0 Å². The topological polar surface area (TPSA) is 71.4 Å². The van der Waals surface area contributed by atoms with Gasteiger partial charge in [-0.25, -0.2) is 8.42 Å². The van der Waals surface area contributed by atoms with Crippen LogP contribution >= 0.6 is 0 Å². The highest BCUT2D eigenvalue weighted by atomic mass is 32.2. The maximum Gasteiger partial charge on any atom is 0.306 e. The zero-order valence-electron chi connectivity index (χ0n) is 7.14. The van der Waals surface area contributed by atoms with E-state index < -0.39 is 15.8 Å². The Bertz CT molecular complexity index is 332. The van der Waals surface area contributed by atoms with Gasteiger partial charge in [-0.1, -0.05) is 0 Å². The van der Waals surface area contributed by atoms with E-state index in [1.165, 1.54) is 0 Å². The lowest BCUT2D eigenvalue weighted by molar-refractivity contribution is -0.139. The van der Waals surface area contributed by atoms with Gasteiger partial charge in [0.2, 0.25) is 0 Å². The van der Waals surface area contributed by atoms with Crippen molar-refractivity contribution in [2.24, 2.45) is 17.8 Å². The largest absolute Gasteiger partial charge is 0.481 e. The first-order chi connectivity index (χ1) is 5.99. The fourth-order valence-electron chi connectivity index (χ4n) is 2.18. The maximum atomic E-state index is 11.1. The Morgan fingerprint density at radius 1 is 1.38 bits per heavy atom. The average Bonchev–Trinajstić information content (AvgIpc) is 2.71. The van der Waals surface area contributed by atoms with Crippen LogP contribution in [0.25, 0.3) is 0 Å². The average molecular weight is 204 g/mol. The third kappa shape index (κ3) is 1.70. The Labute approximate surface area is 76.9 Å². The Morgan fingerprint density at radius 2 is 2.08 bits per heavy atom. The van der Waals surface area contributed by atoms with Gasteiger partial charge in [-0.15, -0.1) is 0 Å². The molecule has 0 aromatic rings. The lowest BCUT2D eigenvalue weighted by Crippen LogP contribution is -2.10. The van der Waals surface area contributed by atoms with Gasteiger partial charge in [-0.05, 0) is 24.7 Å². The first kappa shape index (κ1) is 8.99. The fraction of sp³-hybridized carbons (Fsp3) is 0.875. The fourth-order valence-corrected chi connectivity index (χ4v) is 4.08. The van der Waals surface area contributed by atoms with Crippen LogP contribution in [0.15, 0.2) is 0 Å². The van der Waals surface area contributed by atoms with Crippen molar-refractivity contribution in [1.82, 2.24) is 0 Å². The predicted octanol–water partition coefficient (Wildman–Crippen LogP) is 0.142. The number of rotatable bonds is 2. The Kier molecular flexibility index (Phi) is 1.87. The van der Waals surface area contributed by atoms with Crippen molar-refractivity contribution >= 4 is 15.8 Å². The van der Waals surface area contributed by atoms with Crippen molar-refractivity contribution in [3.8, 4) is 0 Å². The quantitative estimate of drug-likeness (QED) is 0.694. The summed E-state index contributed by atoms with van der Waals surface area (Å²) >= 11 is 0. The van der Waals surface area contributed by atoms with E-state index in [9.17, 15) is 13.2 Å². The van der Waals surface area contributed by atoms with E-state index in [-0.39, 0.29) is 29.3 Å². The number of hydrogen-bond donors (Lipinski definition) is 1. The van der Waals surface area contributed by atoms with Crippen LogP contribution < -0.4 is 0 Å². The second-order valence-corrected chi connectivity index (χ2v) is 6.24. The molecule has 3 atom stereocenters. The first-order valence-electron chi connectivity index (χ1n) is 4.43. The number of carboxylic acid groups (broad SMARTS) is 1. The maximum absolute atomic E-state index is 11.1. The molecule has 1 saturated heterocycles. The predicted molar refractivity (Wildman–Crippen MR) is 46.0 cm³/mol. The lowest BCUT2D eigenvalue weighted by atomic mass is 10.0. The first-order valence-corrected chi connectivity index (χ1v) is 6.25. The highest BCUT2D eigenvalue weighted by Crippen LogP contribution is 2.47. The SMILES string of the molecule is O=C(O)C1CC1C1CCS(=O)(=O)C1. The molecule has 3 unspecified atom stereocenters. The van der Waals surface area contributed by atoms with Crippen LogP contribution in [0.3, 0.4) is 0 Å². The van der Waals surface area contributed by atoms with Crippen molar-refractivity contribution in [2.75, 3.05) is 11.5 Å². The second-order valence-electron chi connectivity index (χ2n) is 4.01. The monoisotopic (exact) mass is 204 g/mol. The summed E-state index contributed by atoms with van der Waals surface area (Å²) in [5.41, 5.74) is 0. The molecule has 0 bridgehead atoms. The lowest BCUT2D eigenvalue weighted by Gasteiger charge is -2.03. The zero-order chi connectivity index (χ0) is 9.64. The summed E-state index contributed by atoms with van der Waals surface area (Å²) in [6.45, 7) is 0. The highest BCUT2D eigenvalue weighted by Gasteiger charge is 2.50. The molecule has 74 valence electrons. The van der Waals surface area contributed by atoms with Crippen molar-refractivity contribution < 1.29 is 18.3 Å². The minimum Gasteiger partial charge on any atom is -0.481 e. The molecule has 2 rings (SSSR count). The van der Waals surface area contributed by atoms with Crippen LogP contribution in [0, 0.1) is 17.8 Å². The molecular weight excluding hydrogens is 192 g/mol. The molecule has 0 spiro atoms. The van der Waals surface area contributed by atoms with Crippen LogP contribution in [0.4, 0.5) is 0 Å². The van der Waals surface area contributed by atoms with E-state index in [1.807, 2.05) is 0 Å². The molecule has 5 heteroatoms. The Balaban J connectivity index is 1.96. The molecule has 1 aliphatic carbocycles. The summed E-state index contributed by atoms with van der Waals surface area (Å²) in [5, 5.41) is 8.66. The Hall–Kier alpha value is -0.580. The third-order valence-electron chi connectivity index (χ3n) is 3.03. The van der Waals surface area contributed by atoms with Crippen molar-refractivity contribution in [2.45, 2.75) is 12.8 Å². The summed E-state index contributed by atoms with van der Waals surface area (Å²) in [7, 11) is -2.84. The van der Waals surface area contributed by atoms with Gasteiger partial charge in [0, 0.05) is 0 Å². The second kappa shape index (κ2) is 2.70. The smallest absolute Gasteiger partial charge is 0.306 e. The van der Waals surface area contributed by atoms with Crippen LogP contribution in [0.5, 0.6) is 0 Å². The van der Waals surface area contributed by atoms with Gasteiger partial charge < -0.3 is 5.11 Å². The zero-order valence-corrected chi connectivity index (χ0v) is 7.96. The number of hydrogen-bond acceptors (Lipinski definition) is 3. The van der Waals surface area contributed by atoms with E-state index in [4.69, 9.17) is 5.11 Å². The van der Waals surface area contributed by atoms with Crippen molar-refractivity contribution in [3.05, 3.63) is 0 Å². The normalized spacial score (nSPS) is 41.7. The molecule has 1 heterocycles. The third-order valence-corrected chi connectivity index (χ3v) is 4.82. The molecule has 13 heavy (non-hydrogen) atoms. The molecule has 2 fully saturated rings. The van der Waals surface area contributed by atoms with Gasteiger partial charge in [-0.3, -0.25) is 4.79 Å². The molecule has 1 saturated carbocycles. The molecule has 2 aliphatic rings.